The van der Waals surface area contributed by atoms with Crippen LogP contribution >= 0.6 is 11.6 Å². The van der Waals surface area contributed by atoms with Crippen LogP contribution < -0.4 is 0 Å². The first-order valence-electron chi connectivity index (χ1n) is 6.95. The van der Waals surface area contributed by atoms with Crippen molar-refractivity contribution in [3.05, 3.63) is 35.2 Å². The molecule has 0 amide bonds. The third-order valence-electron chi connectivity index (χ3n) is 4.61. The van der Waals surface area contributed by atoms with Gasteiger partial charge >= 0.3 is 5.97 Å². The third-order valence-corrected chi connectivity index (χ3v) is 4.98. The summed E-state index contributed by atoms with van der Waals surface area (Å²) in [5, 5.41) is 11.8. The molecule has 0 unspecified atom stereocenters. The molecule has 1 aliphatic carbocycles. The molecule has 2 aromatic heterocycles. The number of hydrogen-bond acceptors (Lipinski definition) is 3. The number of hydrogen-bond donors (Lipinski definition) is 1. The van der Waals surface area contributed by atoms with Crippen LogP contribution in [0.25, 0.3) is 21.9 Å². The zero-order valence-corrected chi connectivity index (χ0v) is 11.9. The van der Waals surface area contributed by atoms with E-state index in [9.17, 15) is 9.90 Å². The van der Waals surface area contributed by atoms with Crippen molar-refractivity contribution < 1.29 is 18.7 Å². The van der Waals surface area contributed by atoms with Crippen LogP contribution in [0.3, 0.4) is 0 Å². The molecule has 1 aliphatic rings. The minimum absolute atomic E-state index is 0.473. The highest BCUT2D eigenvalue weighted by Gasteiger charge is 2.46. The summed E-state index contributed by atoms with van der Waals surface area (Å²) < 4.78 is 11.1. The monoisotopic (exact) mass is 304 g/mol. The molecule has 1 aromatic carbocycles. The second-order valence-electron chi connectivity index (χ2n) is 5.61. The van der Waals surface area contributed by atoms with E-state index in [0.717, 1.165) is 18.2 Å². The number of halogens is 1. The van der Waals surface area contributed by atoms with E-state index in [1.54, 1.807) is 24.7 Å². The van der Waals surface area contributed by atoms with E-state index in [1.807, 2.05) is 0 Å². The molecule has 5 heteroatoms. The fourth-order valence-electron chi connectivity index (χ4n) is 3.62. The summed E-state index contributed by atoms with van der Waals surface area (Å²) in [4.78, 5) is 12.0. The standard InChI is InChI=1S/C16H13ClO4/c17-12-10-4-8-20-13(10)11(9-3-7-21-14(9)12)16(15(18)19)5-1-2-6-16/h3-4,7-8H,1-2,5-6H2,(H,18,19). The highest BCUT2D eigenvalue weighted by molar-refractivity contribution is 6.40. The maximum atomic E-state index is 12.0. The Morgan fingerprint density at radius 2 is 1.71 bits per heavy atom. The van der Waals surface area contributed by atoms with Gasteiger partial charge in [-0.2, -0.15) is 0 Å². The SMILES string of the molecule is O=C(O)C1(c2c3ccoc3c(Cl)c3ccoc23)CCCC1. The predicted molar refractivity (Wildman–Crippen MR) is 78.8 cm³/mol. The van der Waals surface area contributed by atoms with Crippen LogP contribution in [0.15, 0.2) is 33.5 Å². The second-order valence-corrected chi connectivity index (χ2v) is 5.99. The smallest absolute Gasteiger partial charge is 0.314 e. The first-order valence-corrected chi connectivity index (χ1v) is 7.33. The van der Waals surface area contributed by atoms with E-state index in [0.29, 0.717) is 40.0 Å². The Morgan fingerprint density at radius 3 is 2.38 bits per heavy atom. The molecule has 4 nitrogen and oxygen atoms in total. The topological polar surface area (TPSA) is 63.6 Å². The van der Waals surface area contributed by atoms with Gasteiger partial charge in [-0.05, 0) is 25.0 Å². The van der Waals surface area contributed by atoms with E-state index >= 15 is 0 Å². The zero-order valence-electron chi connectivity index (χ0n) is 11.2. The number of fused-ring (bicyclic) bond motifs is 2. The Bertz CT molecular complexity index is 800. The van der Waals surface area contributed by atoms with Gasteiger partial charge in [-0.25, -0.2) is 0 Å². The van der Waals surface area contributed by atoms with Crippen molar-refractivity contribution in [1.29, 1.82) is 0 Å². The predicted octanol–water partition coefficient (Wildman–Crippen LogP) is 4.73. The number of aliphatic carboxylic acids is 1. The van der Waals surface area contributed by atoms with Gasteiger partial charge < -0.3 is 13.9 Å². The first-order chi connectivity index (χ1) is 10.1. The third kappa shape index (κ3) is 1.54. The highest BCUT2D eigenvalue weighted by atomic mass is 35.5. The molecule has 3 aromatic rings. The Morgan fingerprint density at radius 1 is 1.10 bits per heavy atom. The first kappa shape index (κ1) is 12.8. The average Bonchev–Trinajstić information content (AvgIpc) is 3.20. The number of furan rings is 2. The van der Waals surface area contributed by atoms with Gasteiger partial charge in [0.25, 0.3) is 0 Å². The molecule has 0 saturated heterocycles. The summed E-state index contributed by atoms with van der Waals surface area (Å²) in [6, 6.07) is 3.54. The van der Waals surface area contributed by atoms with Crippen molar-refractivity contribution in [3.63, 3.8) is 0 Å². The summed E-state index contributed by atoms with van der Waals surface area (Å²) in [6.45, 7) is 0. The Kier molecular flexibility index (Phi) is 2.60. The molecule has 1 saturated carbocycles. The molecular formula is C16H13ClO4. The van der Waals surface area contributed by atoms with Crippen LogP contribution in [0.4, 0.5) is 0 Å². The summed E-state index contributed by atoms with van der Waals surface area (Å²) in [5.74, 6) is -0.803. The van der Waals surface area contributed by atoms with Gasteiger partial charge in [0.15, 0.2) is 5.58 Å². The normalized spacial score (nSPS) is 17.8. The lowest BCUT2D eigenvalue weighted by atomic mass is 9.77. The maximum Gasteiger partial charge on any atom is 0.314 e. The van der Waals surface area contributed by atoms with Crippen molar-refractivity contribution >= 4 is 39.5 Å². The van der Waals surface area contributed by atoms with E-state index in [-0.39, 0.29) is 0 Å². The van der Waals surface area contributed by atoms with E-state index < -0.39 is 11.4 Å². The molecule has 0 radical (unpaired) electrons. The van der Waals surface area contributed by atoms with Crippen molar-refractivity contribution in [2.45, 2.75) is 31.1 Å². The number of carbonyl (C=O) groups is 1. The Balaban J connectivity index is 2.19. The molecular weight excluding hydrogens is 292 g/mol. The minimum atomic E-state index is -0.914. The van der Waals surface area contributed by atoms with Crippen LogP contribution in [0, 0.1) is 0 Å². The summed E-state index contributed by atoms with van der Waals surface area (Å²) in [6.07, 6.45) is 6.11. The fraction of sp³-hybridized carbons (Fsp3) is 0.312. The van der Waals surface area contributed by atoms with Gasteiger partial charge in [-0.15, -0.1) is 0 Å². The lowest BCUT2D eigenvalue weighted by Crippen LogP contribution is -2.33. The molecule has 2 heterocycles. The van der Waals surface area contributed by atoms with Crippen molar-refractivity contribution in [2.75, 3.05) is 0 Å². The van der Waals surface area contributed by atoms with Crippen molar-refractivity contribution in [3.8, 4) is 0 Å². The number of carboxylic acid groups (broad SMARTS) is 1. The fourth-order valence-corrected chi connectivity index (χ4v) is 3.92. The zero-order chi connectivity index (χ0) is 14.6. The molecule has 1 N–H and O–H groups in total. The molecule has 108 valence electrons. The lowest BCUT2D eigenvalue weighted by Gasteiger charge is -2.25. The van der Waals surface area contributed by atoms with Gasteiger partial charge in [0.05, 0.1) is 23.0 Å². The van der Waals surface area contributed by atoms with Crippen LogP contribution in [-0.2, 0) is 10.2 Å². The number of carboxylic acids is 1. The summed E-state index contributed by atoms with van der Waals surface area (Å²) in [7, 11) is 0. The molecule has 0 spiro atoms. The quantitative estimate of drug-likeness (QED) is 0.743. The Hall–Kier alpha value is -1.94. The van der Waals surface area contributed by atoms with Crippen LogP contribution in [-0.4, -0.2) is 11.1 Å². The molecule has 0 aliphatic heterocycles. The van der Waals surface area contributed by atoms with Crippen LogP contribution in [0.1, 0.15) is 31.2 Å². The van der Waals surface area contributed by atoms with Gasteiger partial charge in [0.1, 0.15) is 5.58 Å². The number of rotatable bonds is 2. The van der Waals surface area contributed by atoms with Gasteiger partial charge in [-0.3, -0.25) is 4.79 Å². The summed E-state index contributed by atoms with van der Waals surface area (Å²) in [5.41, 5.74) is 0.898. The minimum Gasteiger partial charge on any atom is -0.481 e. The van der Waals surface area contributed by atoms with Crippen LogP contribution in [0.5, 0.6) is 0 Å². The van der Waals surface area contributed by atoms with Crippen molar-refractivity contribution in [1.82, 2.24) is 0 Å². The lowest BCUT2D eigenvalue weighted by molar-refractivity contribution is -0.143. The molecule has 0 atom stereocenters. The summed E-state index contributed by atoms with van der Waals surface area (Å²) >= 11 is 6.36. The molecule has 4 rings (SSSR count). The van der Waals surface area contributed by atoms with Crippen molar-refractivity contribution in [2.24, 2.45) is 0 Å². The molecule has 1 fully saturated rings. The number of benzene rings is 1. The van der Waals surface area contributed by atoms with E-state index in [1.165, 1.54) is 0 Å². The second kappa shape index (κ2) is 4.28. The van der Waals surface area contributed by atoms with Gasteiger partial charge in [0.2, 0.25) is 0 Å². The molecule has 21 heavy (non-hydrogen) atoms. The molecule has 0 bridgehead atoms. The van der Waals surface area contributed by atoms with Gasteiger partial charge in [-0.1, -0.05) is 24.4 Å². The van der Waals surface area contributed by atoms with E-state index in [2.05, 4.69) is 0 Å². The average molecular weight is 305 g/mol. The Labute approximate surface area is 125 Å². The van der Waals surface area contributed by atoms with Gasteiger partial charge in [0, 0.05) is 16.3 Å². The van der Waals surface area contributed by atoms with Crippen LogP contribution in [0.2, 0.25) is 5.02 Å². The highest BCUT2D eigenvalue weighted by Crippen LogP contribution is 2.49. The maximum absolute atomic E-state index is 12.0. The van der Waals surface area contributed by atoms with E-state index in [4.69, 9.17) is 20.4 Å². The largest absolute Gasteiger partial charge is 0.481 e.